The Morgan fingerprint density at radius 2 is 2.00 bits per heavy atom. The molecule has 0 fully saturated rings. The van der Waals surface area contributed by atoms with Crippen LogP contribution in [0.2, 0.25) is 0 Å². The minimum absolute atomic E-state index is 0.0170. The van der Waals surface area contributed by atoms with Gasteiger partial charge in [0.25, 0.3) is 0 Å². The van der Waals surface area contributed by atoms with E-state index in [1.165, 1.54) is 6.92 Å². The standard InChI is InChI=1S/C5H7O5P/c1-2-3(11(9)10)4(6)5(7)8/h2H2,1H3,(H,7,8)(H,9,10). The van der Waals surface area contributed by atoms with E-state index in [0.29, 0.717) is 0 Å². The number of carbonyl (C=O) groups excluding carboxylic acids is 1. The highest BCUT2D eigenvalue weighted by atomic mass is 31.1. The molecule has 0 bridgehead atoms. The molecule has 2 N–H and O–H groups in total. The fourth-order valence-electron chi connectivity index (χ4n) is 0.506. The zero-order valence-electron chi connectivity index (χ0n) is 5.77. The Morgan fingerprint density at radius 3 is 2.09 bits per heavy atom. The summed E-state index contributed by atoms with van der Waals surface area (Å²) in [6.07, 6.45) is -0.0170. The highest BCUT2D eigenvalue weighted by Gasteiger charge is 2.24. The van der Waals surface area contributed by atoms with Gasteiger partial charge in [-0.25, -0.2) is 4.79 Å². The van der Waals surface area contributed by atoms with Gasteiger partial charge < -0.3 is 10.00 Å². The number of ketones is 1. The Labute approximate surface area is 63.8 Å². The molecule has 0 aromatic heterocycles. The van der Waals surface area contributed by atoms with Crippen LogP contribution in [-0.4, -0.2) is 27.0 Å². The molecule has 0 aliphatic rings. The monoisotopic (exact) mass is 178 g/mol. The zero-order valence-corrected chi connectivity index (χ0v) is 6.67. The summed E-state index contributed by atoms with van der Waals surface area (Å²) in [6.45, 7) is 1.44. The minimum atomic E-state index is -2.80. The molecular formula is C5H7O5P. The first-order valence-corrected chi connectivity index (χ1v) is 4.01. The maximum absolute atomic E-state index is 10.5. The van der Waals surface area contributed by atoms with E-state index in [-0.39, 0.29) is 6.42 Å². The molecule has 1 unspecified atom stereocenters. The predicted molar refractivity (Wildman–Crippen MR) is 37.1 cm³/mol. The predicted octanol–water partition coefficient (Wildman–Crippen LogP) is -1.11. The Bertz CT molecular complexity index is 215. The van der Waals surface area contributed by atoms with Crippen molar-refractivity contribution in [2.45, 2.75) is 13.3 Å². The SMILES string of the molecule is CC/C(C(=O)C(=O)O)=[P+](/[O-])O. The molecule has 62 valence electrons. The number of hydrogen-bond donors (Lipinski definition) is 2. The first kappa shape index (κ1) is 10.2. The molecule has 0 saturated heterocycles. The lowest BCUT2D eigenvalue weighted by molar-refractivity contribution is -0.168. The van der Waals surface area contributed by atoms with Crippen LogP contribution >= 0.6 is 8.00 Å². The van der Waals surface area contributed by atoms with Gasteiger partial charge >= 0.3 is 11.8 Å². The van der Waals surface area contributed by atoms with Crippen molar-refractivity contribution >= 4 is 25.0 Å². The summed E-state index contributed by atoms with van der Waals surface area (Å²) in [5, 5.41) is 7.67. The smallest absolute Gasteiger partial charge is 0.381 e. The Morgan fingerprint density at radius 1 is 1.55 bits per heavy atom. The molecule has 0 rings (SSSR count). The van der Waals surface area contributed by atoms with Crippen molar-refractivity contribution in [3.63, 3.8) is 0 Å². The van der Waals surface area contributed by atoms with Crippen LogP contribution < -0.4 is 4.89 Å². The second kappa shape index (κ2) is 4.18. The van der Waals surface area contributed by atoms with Gasteiger partial charge in [-0.05, 0) is 0 Å². The molecule has 0 radical (unpaired) electrons. The second-order valence-corrected chi connectivity index (χ2v) is 2.79. The molecule has 0 aromatic carbocycles. The maximum atomic E-state index is 10.5. The largest absolute Gasteiger partial charge is 0.603 e. The number of Topliss-reactive ketones (excluding diaryl/α,β-unsaturated/α-hetero) is 1. The van der Waals surface area contributed by atoms with Crippen LogP contribution in [-0.2, 0) is 9.59 Å². The van der Waals surface area contributed by atoms with Gasteiger partial charge in [-0.3, -0.25) is 4.79 Å². The fourth-order valence-corrected chi connectivity index (χ4v) is 1.05. The van der Waals surface area contributed by atoms with E-state index in [1.807, 2.05) is 0 Å². The molecule has 0 spiro atoms. The molecule has 1 atom stereocenters. The van der Waals surface area contributed by atoms with Crippen LogP contribution in [0.25, 0.3) is 0 Å². The van der Waals surface area contributed by atoms with E-state index in [0.717, 1.165) is 0 Å². The molecule has 0 heterocycles. The van der Waals surface area contributed by atoms with Gasteiger partial charge in [-0.15, -0.1) is 0 Å². The quantitative estimate of drug-likeness (QED) is 0.421. The summed E-state index contributed by atoms with van der Waals surface area (Å²) in [5.41, 5.74) is 0. The number of carboxylic acid groups (broad SMARTS) is 1. The van der Waals surface area contributed by atoms with Crippen LogP contribution in [0, 0.1) is 0 Å². The number of rotatable bonds is 3. The number of carbonyl (C=O) groups is 2. The van der Waals surface area contributed by atoms with Crippen LogP contribution in [0.4, 0.5) is 0 Å². The van der Waals surface area contributed by atoms with Gasteiger partial charge in [0.05, 0.1) is 0 Å². The molecule has 0 aliphatic carbocycles. The molecule has 0 amide bonds. The summed E-state index contributed by atoms with van der Waals surface area (Å²) >= 11 is 0. The lowest BCUT2D eigenvalue weighted by Crippen LogP contribution is -2.23. The highest BCUT2D eigenvalue weighted by Crippen LogP contribution is 2.09. The van der Waals surface area contributed by atoms with Gasteiger partial charge in [-0.2, -0.15) is 4.89 Å². The van der Waals surface area contributed by atoms with Crippen molar-refractivity contribution in [2.24, 2.45) is 0 Å². The molecule has 0 saturated carbocycles. The van der Waals surface area contributed by atoms with Crippen molar-refractivity contribution in [1.82, 2.24) is 0 Å². The molecule has 0 aliphatic heterocycles. The Balaban J connectivity index is 4.69. The highest BCUT2D eigenvalue weighted by molar-refractivity contribution is 7.49. The third kappa shape index (κ3) is 2.76. The second-order valence-electron chi connectivity index (χ2n) is 1.71. The third-order valence-electron chi connectivity index (χ3n) is 1.02. The van der Waals surface area contributed by atoms with Gasteiger partial charge in [-0.1, -0.05) is 6.92 Å². The van der Waals surface area contributed by atoms with Crippen LogP contribution in [0.1, 0.15) is 13.3 Å². The number of hydrogen-bond acceptors (Lipinski definition) is 4. The fraction of sp³-hybridized carbons (Fsp3) is 0.400. The normalized spacial score (nSPS) is 12.3. The van der Waals surface area contributed by atoms with Crippen LogP contribution in [0.5, 0.6) is 0 Å². The van der Waals surface area contributed by atoms with Crippen LogP contribution in [0.3, 0.4) is 0 Å². The summed E-state index contributed by atoms with van der Waals surface area (Å²) in [4.78, 5) is 39.3. The van der Waals surface area contributed by atoms with Crippen molar-refractivity contribution in [3.05, 3.63) is 0 Å². The van der Waals surface area contributed by atoms with Crippen molar-refractivity contribution in [2.75, 3.05) is 0 Å². The lowest BCUT2D eigenvalue weighted by atomic mass is 10.2. The summed E-state index contributed by atoms with van der Waals surface area (Å²) in [5.74, 6) is -2.98. The van der Waals surface area contributed by atoms with E-state index in [2.05, 4.69) is 0 Å². The van der Waals surface area contributed by atoms with E-state index < -0.39 is 25.0 Å². The number of carboxylic acids is 1. The van der Waals surface area contributed by atoms with E-state index in [9.17, 15) is 14.5 Å². The van der Waals surface area contributed by atoms with Crippen molar-refractivity contribution in [1.29, 1.82) is 0 Å². The summed E-state index contributed by atoms with van der Waals surface area (Å²) in [6, 6.07) is 0. The first-order chi connectivity index (χ1) is 5.00. The molecule has 0 aromatic rings. The van der Waals surface area contributed by atoms with Gasteiger partial charge in [0, 0.05) is 6.42 Å². The minimum Gasteiger partial charge on any atom is -0.603 e. The van der Waals surface area contributed by atoms with E-state index in [1.54, 1.807) is 0 Å². The average Bonchev–Trinajstić information content (AvgIpc) is 1.88. The number of aliphatic carboxylic acids is 1. The zero-order chi connectivity index (χ0) is 9.02. The van der Waals surface area contributed by atoms with E-state index in [4.69, 9.17) is 10.00 Å². The van der Waals surface area contributed by atoms with Crippen LogP contribution in [0.15, 0.2) is 0 Å². The molecular weight excluding hydrogens is 171 g/mol. The lowest BCUT2D eigenvalue weighted by Gasteiger charge is -1.93. The molecule has 6 heteroatoms. The van der Waals surface area contributed by atoms with Crippen molar-refractivity contribution < 1.29 is 24.5 Å². The summed E-state index contributed by atoms with van der Waals surface area (Å²) in [7, 11) is -2.80. The topological polar surface area (TPSA) is 97.7 Å². The van der Waals surface area contributed by atoms with E-state index >= 15 is 0 Å². The molecule has 5 nitrogen and oxygen atoms in total. The first-order valence-electron chi connectivity index (χ1n) is 2.80. The Hall–Kier alpha value is -0.770. The van der Waals surface area contributed by atoms with Crippen molar-refractivity contribution in [3.8, 4) is 0 Å². The third-order valence-corrected chi connectivity index (χ3v) is 2.00. The average molecular weight is 178 g/mol. The maximum Gasteiger partial charge on any atom is 0.381 e. The molecule has 11 heavy (non-hydrogen) atoms. The van der Waals surface area contributed by atoms with Gasteiger partial charge in [0.1, 0.15) is 0 Å². The Kier molecular flexibility index (Phi) is 3.89. The van der Waals surface area contributed by atoms with Gasteiger partial charge in [0.15, 0.2) is 0 Å². The summed E-state index contributed by atoms with van der Waals surface area (Å²) < 4.78 is 0. The van der Waals surface area contributed by atoms with Gasteiger partial charge in [0.2, 0.25) is 13.3 Å².